The van der Waals surface area contributed by atoms with E-state index in [4.69, 9.17) is 4.74 Å². The van der Waals surface area contributed by atoms with Gasteiger partial charge in [-0.3, -0.25) is 9.29 Å². The molecule has 0 N–H and O–H groups in total. The summed E-state index contributed by atoms with van der Waals surface area (Å²) < 4.78 is 35.0. The molecule has 3 aromatic carbocycles. The van der Waals surface area contributed by atoms with Crippen molar-refractivity contribution in [1.29, 1.82) is 0 Å². The van der Waals surface area contributed by atoms with Gasteiger partial charge in [-0.1, -0.05) is 64.5 Å². The number of anilines is 1. The minimum absolute atomic E-state index is 0.0865. The van der Waals surface area contributed by atoms with E-state index in [1.165, 1.54) is 11.4 Å². The number of hydrogen-bond donors (Lipinski definition) is 0. The quantitative estimate of drug-likeness (QED) is 0.369. The van der Waals surface area contributed by atoms with Crippen molar-refractivity contribution in [3.05, 3.63) is 95.1 Å². The van der Waals surface area contributed by atoms with E-state index in [-0.39, 0.29) is 17.2 Å². The largest absolute Gasteiger partial charge is 0.495 e. The first-order valence-electron chi connectivity index (χ1n) is 9.24. The number of nitrogens with zero attached hydrogens (tertiary/aromatic N) is 2. The van der Waals surface area contributed by atoms with E-state index in [2.05, 4.69) is 20.9 Å². The molecule has 0 saturated carbocycles. The van der Waals surface area contributed by atoms with Gasteiger partial charge in [0.05, 0.1) is 31.1 Å². The van der Waals surface area contributed by atoms with Crippen LogP contribution in [-0.2, 0) is 16.6 Å². The number of methoxy groups -OCH3 is 1. The number of para-hydroxylation sites is 1. The van der Waals surface area contributed by atoms with E-state index < -0.39 is 10.0 Å². The highest BCUT2D eigenvalue weighted by molar-refractivity contribution is 9.10. The third-order valence-electron chi connectivity index (χ3n) is 4.73. The maximum absolute atomic E-state index is 13.8. The molecule has 0 spiro atoms. The molecule has 0 fully saturated rings. The van der Waals surface area contributed by atoms with Gasteiger partial charge in [0.2, 0.25) is 0 Å². The Kier molecular flexibility index (Phi) is 5.74. The second-order valence-corrected chi connectivity index (χ2v) is 9.43. The molecule has 152 valence electrons. The summed E-state index contributed by atoms with van der Waals surface area (Å²) in [6.07, 6.45) is 1.59. The summed E-state index contributed by atoms with van der Waals surface area (Å²) in [5.41, 5.74) is 2.15. The van der Waals surface area contributed by atoms with Gasteiger partial charge in [0.25, 0.3) is 10.0 Å². The van der Waals surface area contributed by atoms with E-state index >= 15 is 0 Å². The highest BCUT2D eigenvalue weighted by atomic mass is 79.9. The lowest BCUT2D eigenvalue weighted by Crippen LogP contribution is -2.31. The van der Waals surface area contributed by atoms with Crippen molar-refractivity contribution in [2.24, 2.45) is 0 Å². The molecule has 0 amide bonds. The van der Waals surface area contributed by atoms with Gasteiger partial charge < -0.3 is 4.74 Å². The summed E-state index contributed by atoms with van der Waals surface area (Å²) in [5, 5.41) is 0.865. The van der Waals surface area contributed by atoms with Crippen LogP contribution in [0.2, 0.25) is 0 Å². The second-order valence-electron chi connectivity index (χ2n) is 6.68. The summed E-state index contributed by atoms with van der Waals surface area (Å²) >= 11 is 3.37. The van der Waals surface area contributed by atoms with Crippen LogP contribution >= 0.6 is 15.9 Å². The smallest absolute Gasteiger partial charge is 0.268 e. The molecule has 0 radical (unpaired) electrons. The van der Waals surface area contributed by atoms with Crippen LogP contribution in [0.15, 0.2) is 94.4 Å². The minimum Gasteiger partial charge on any atom is -0.495 e. The third kappa shape index (κ3) is 4.04. The van der Waals surface area contributed by atoms with Crippen molar-refractivity contribution < 1.29 is 13.2 Å². The van der Waals surface area contributed by atoms with Gasteiger partial charge in [-0.15, -0.1) is 0 Å². The van der Waals surface area contributed by atoms with Crippen LogP contribution in [0.5, 0.6) is 5.75 Å². The second kappa shape index (κ2) is 8.45. The Balaban J connectivity index is 1.89. The predicted molar refractivity (Wildman–Crippen MR) is 122 cm³/mol. The first-order valence-corrected chi connectivity index (χ1v) is 11.5. The molecular weight excluding hydrogens is 464 g/mol. The molecule has 5 nitrogen and oxygen atoms in total. The topological polar surface area (TPSA) is 59.5 Å². The SMILES string of the molecule is COc1ccc(Br)cc1S(=O)(=O)N(Cc1ccccc1)c1cnc2ccccc2c1. The van der Waals surface area contributed by atoms with Gasteiger partial charge in [-0.25, -0.2) is 8.42 Å². The molecule has 1 aromatic heterocycles. The Hall–Kier alpha value is -2.90. The highest BCUT2D eigenvalue weighted by Crippen LogP contribution is 2.34. The molecule has 4 aromatic rings. The molecule has 1 heterocycles. The number of pyridine rings is 1. The van der Waals surface area contributed by atoms with E-state index in [0.29, 0.717) is 10.2 Å². The molecule has 0 saturated heterocycles. The molecule has 7 heteroatoms. The summed E-state index contributed by atoms with van der Waals surface area (Å²) in [7, 11) is -2.49. The van der Waals surface area contributed by atoms with Crippen molar-refractivity contribution in [2.45, 2.75) is 11.4 Å². The standard InChI is InChI=1S/C23H19BrN2O3S/c1-29-22-12-11-19(24)14-23(22)30(27,28)26(16-17-7-3-2-4-8-17)20-13-18-9-5-6-10-21(18)25-15-20/h2-15H,16H2,1H3. The van der Waals surface area contributed by atoms with Gasteiger partial charge >= 0.3 is 0 Å². The number of hydrogen-bond acceptors (Lipinski definition) is 4. The van der Waals surface area contributed by atoms with Crippen molar-refractivity contribution >= 4 is 42.5 Å². The number of aromatic nitrogens is 1. The summed E-state index contributed by atoms with van der Waals surface area (Å²) in [4.78, 5) is 4.55. The Bertz CT molecular complexity index is 1290. The van der Waals surface area contributed by atoms with Gasteiger partial charge in [0.1, 0.15) is 10.6 Å². The highest BCUT2D eigenvalue weighted by Gasteiger charge is 2.29. The van der Waals surface area contributed by atoms with Crippen LogP contribution in [0.25, 0.3) is 10.9 Å². The molecule has 0 atom stereocenters. The average Bonchev–Trinajstić information content (AvgIpc) is 2.77. The zero-order chi connectivity index (χ0) is 21.1. The zero-order valence-electron chi connectivity index (χ0n) is 16.2. The number of fused-ring (bicyclic) bond motifs is 1. The molecule has 0 aliphatic heterocycles. The predicted octanol–water partition coefficient (Wildman–Crippen LogP) is 5.40. The Morgan fingerprint density at radius 1 is 0.967 bits per heavy atom. The fourth-order valence-corrected chi connectivity index (χ4v) is 5.36. The average molecular weight is 483 g/mol. The summed E-state index contributed by atoms with van der Waals surface area (Å²) in [6, 6.07) is 23.9. The molecule has 4 rings (SSSR count). The maximum Gasteiger partial charge on any atom is 0.268 e. The number of ether oxygens (including phenoxy) is 1. The summed E-state index contributed by atoms with van der Waals surface area (Å²) in [5.74, 6) is 0.282. The normalized spacial score (nSPS) is 11.4. The molecule has 30 heavy (non-hydrogen) atoms. The fourth-order valence-electron chi connectivity index (χ4n) is 3.23. The Morgan fingerprint density at radius 3 is 2.47 bits per heavy atom. The monoisotopic (exact) mass is 482 g/mol. The van der Waals surface area contributed by atoms with E-state index in [1.807, 2.05) is 60.7 Å². The van der Waals surface area contributed by atoms with Crippen molar-refractivity contribution in [3.63, 3.8) is 0 Å². The lowest BCUT2D eigenvalue weighted by Gasteiger charge is -2.25. The van der Waals surface area contributed by atoms with E-state index in [1.54, 1.807) is 24.4 Å². The van der Waals surface area contributed by atoms with Crippen LogP contribution in [0, 0.1) is 0 Å². The molecule has 0 aliphatic carbocycles. The zero-order valence-corrected chi connectivity index (χ0v) is 18.6. The first kappa shape index (κ1) is 20.4. The maximum atomic E-state index is 13.8. The minimum atomic E-state index is -3.95. The molecule has 0 bridgehead atoms. The van der Waals surface area contributed by atoms with Crippen molar-refractivity contribution in [3.8, 4) is 5.75 Å². The van der Waals surface area contributed by atoms with Crippen LogP contribution < -0.4 is 9.04 Å². The lowest BCUT2D eigenvalue weighted by atomic mass is 10.2. The van der Waals surface area contributed by atoms with Gasteiger partial charge in [0.15, 0.2) is 0 Å². The summed E-state index contributed by atoms with van der Waals surface area (Å²) in [6.45, 7) is 0.166. The number of halogens is 1. The Labute approximate surface area is 184 Å². The van der Waals surface area contributed by atoms with E-state index in [0.717, 1.165) is 16.5 Å². The van der Waals surface area contributed by atoms with E-state index in [9.17, 15) is 8.42 Å². The third-order valence-corrected chi connectivity index (χ3v) is 7.02. The Morgan fingerprint density at radius 2 is 1.70 bits per heavy atom. The van der Waals surface area contributed by atoms with Gasteiger partial charge in [-0.05, 0) is 35.9 Å². The number of sulfonamides is 1. The number of benzene rings is 3. The fraction of sp³-hybridized carbons (Fsp3) is 0.0870. The number of rotatable bonds is 6. The molecular formula is C23H19BrN2O3S. The lowest BCUT2D eigenvalue weighted by molar-refractivity contribution is 0.402. The van der Waals surface area contributed by atoms with Crippen LogP contribution in [0.4, 0.5) is 5.69 Å². The van der Waals surface area contributed by atoms with Crippen LogP contribution in [0.1, 0.15) is 5.56 Å². The van der Waals surface area contributed by atoms with Crippen molar-refractivity contribution in [1.82, 2.24) is 4.98 Å². The first-order chi connectivity index (χ1) is 14.5. The van der Waals surface area contributed by atoms with Crippen LogP contribution in [0.3, 0.4) is 0 Å². The van der Waals surface area contributed by atoms with Crippen LogP contribution in [-0.4, -0.2) is 20.5 Å². The van der Waals surface area contributed by atoms with Crippen molar-refractivity contribution in [2.75, 3.05) is 11.4 Å². The molecule has 0 unspecified atom stereocenters. The van der Waals surface area contributed by atoms with Gasteiger partial charge in [-0.2, -0.15) is 0 Å². The molecule has 0 aliphatic rings. The van der Waals surface area contributed by atoms with Gasteiger partial charge in [0, 0.05) is 9.86 Å².